The summed E-state index contributed by atoms with van der Waals surface area (Å²) >= 11 is 2.89. The summed E-state index contributed by atoms with van der Waals surface area (Å²) in [6.07, 6.45) is 3.77. The van der Waals surface area contributed by atoms with Crippen molar-refractivity contribution in [3.63, 3.8) is 0 Å². The smallest absolute Gasteiger partial charge is 0.323 e. The van der Waals surface area contributed by atoms with Crippen molar-refractivity contribution >= 4 is 40.5 Å². The molecule has 23 heavy (non-hydrogen) atoms. The summed E-state index contributed by atoms with van der Waals surface area (Å²) in [5.74, 6) is -0.179. The Bertz CT molecular complexity index is 407. The first-order valence-electron chi connectivity index (χ1n) is 7.76. The van der Waals surface area contributed by atoms with Gasteiger partial charge in [-0.3, -0.25) is 14.4 Å². The molecule has 0 saturated carbocycles. The first kappa shape index (κ1) is 22.3. The average Bonchev–Trinajstić information content (AvgIpc) is 2.45. The van der Waals surface area contributed by atoms with Crippen LogP contribution in [0.15, 0.2) is 0 Å². The molecule has 0 saturated heterocycles. The van der Waals surface area contributed by atoms with E-state index >= 15 is 0 Å². The van der Waals surface area contributed by atoms with E-state index in [-0.39, 0.29) is 23.5 Å². The van der Waals surface area contributed by atoms with Gasteiger partial charge in [0.05, 0.1) is 0 Å². The van der Waals surface area contributed by atoms with Crippen LogP contribution < -0.4 is 0 Å². The van der Waals surface area contributed by atoms with Crippen LogP contribution in [0.4, 0.5) is 0 Å². The van der Waals surface area contributed by atoms with Gasteiger partial charge in [-0.05, 0) is 24.9 Å². The van der Waals surface area contributed by atoms with Crippen LogP contribution in [0.5, 0.6) is 0 Å². The number of thioether (sulfide) groups is 2. The molecular formula is C16H29NO4S2. The van der Waals surface area contributed by atoms with Crippen molar-refractivity contribution < 1.29 is 19.5 Å². The van der Waals surface area contributed by atoms with Gasteiger partial charge in [0, 0.05) is 23.6 Å². The van der Waals surface area contributed by atoms with E-state index in [0.29, 0.717) is 12.3 Å². The van der Waals surface area contributed by atoms with Crippen LogP contribution in [-0.2, 0) is 14.4 Å². The second-order valence-corrected chi connectivity index (χ2v) is 8.58. The minimum Gasteiger partial charge on any atom is -0.480 e. The molecule has 1 unspecified atom stereocenters. The third kappa shape index (κ3) is 9.91. The minimum absolute atomic E-state index is 0.0434. The Labute approximate surface area is 147 Å². The summed E-state index contributed by atoms with van der Waals surface area (Å²) in [5.41, 5.74) is -0.438. The number of amides is 1. The number of hydrogen-bond acceptors (Lipinski definition) is 5. The maximum atomic E-state index is 12.4. The van der Waals surface area contributed by atoms with Crippen LogP contribution in [0.2, 0.25) is 0 Å². The molecule has 1 atom stereocenters. The molecule has 0 heterocycles. The lowest BCUT2D eigenvalue weighted by atomic mass is 10.00. The normalized spacial score (nSPS) is 12.7. The van der Waals surface area contributed by atoms with Crippen molar-refractivity contribution in [3.05, 3.63) is 0 Å². The Balaban J connectivity index is 4.54. The predicted octanol–water partition coefficient (Wildman–Crippen LogP) is 2.98. The van der Waals surface area contributed by atoms with Gasteiger partial charge in [-0.25, -0.2) is 0 Å². The van der Waals surface area contributed by atoms with Gasteiger partial charge in [0.15, 0.2) is 5.12 Å². The fraction of sp³-hybridized carbons (Fsp3) is 0.812. The number of rotatable bonds is 10. The molecule has 0 fully saturated rings. The van der Waals surface area contributed by atoms with E-state index < -0.39 is 11.4 Å². The van der Waals surface area contributed by atoms with Crippen LogP contribution in [0.25, 0.3) is 0 Å². The molecule has 134 valence electrons. The van der Waals surface area contributed by atoms with Crippen molar-refractivity contribution in [1.82, 2.24) is 4.90 Å². The van der Waals surface area contributed by atoms with Crippen molar-refractivity contribution in [2.45, 2.75) is 40.5 Å². The number of carboxylic acid groups (broad SMARTS) is 1. The van der Waals surface area contributed by atoms with E-state index in [1.54, 1.807) is 18.7 Å². The molecular weight excluding hydrogens is 334 g/mol. The van der Waals surface area contributed by atoms with Gasteiger partial charge in [-0.1, -0.05) is 39.5 Å². The summed E-state index contributed by atoms with van der Waals surface area (Å²) in [7, 11) is 0. The minimum atomic E-state index is -1.01. The highest BCUT2D eigenvalue weighted by Gasteiger charge is 2.26. The summed E-state index contributed by atoms with van der Waals surface area (Å²) in [6, 6.07) is 0. The van der Waals surface area contributed by atoms with E-state index in [2.05, 4.69) is 0 Å². The summed E-state index contributed by atoms with van der Waals surface area (Å²) in [6.45, 7) is 7.46. The molecule has 0 spiro atoms. The lowest BCUT2D eigenvalue weighted by molar-refractivity contribution is -0.145. The molecule has 7 heteroatoms. The maximum absolute atomic E-state index is 12.4. The van der Waals surface area contributed by atoms with E-state index in [9.17, 15) is 14.4 Å². The quantitative estimate of drug-likeness (QED) is 0.602. The standard InChI is InChI=1S/C16H29NO4S2/c1-12(11-23-15(21)16(2,3)4)14(20)17(10-13(18)19)8-6-7-9-22-5/h12H,6-11H2,1-5H3,(H,18,19). The summed E-state index contributed by atoms with van der Waals surface area (Å²) < 4.78 is 0. The number of carbonyl (C=O) groups is 3. The SMILES string of the molecule is CSCCCCN(CC(=O)O)C(=O)C(C)CSC(=O)C(C)(C)C. The predicted molar refractivity (Wildman–Crippen MR) is 97.9 cm³/mol. The molecule has 0 aliphatic carbocycles. The highest BCUT2D eigenvalue weighted by Crippen LogP contribution is 2.24. The number of carboxylic acids is 1. The number of hydrogen-bond donors (Lipinski definition) is 1. The van der Waals surface area contributed by atoms with Gasteiger partial charge >= 0.3 is 5.97 Å². The van der Waals surface area contributed by atoms with E-state index in [1.807, 2.05) is 27.0 Å². The fourth-order valence-corrected chi connectivity index (χ4v) is 3.25. The van der Waals surface area contributed by atoms with Crippen LogP contribution in [-0.4, -0.2) is 57.8 Å². The second kappa shape index (κ2) is 11.0. The molecule has 0 aromatic heterocycles. The average molecular weight is 364 g/mol. The zero-order valence-corrected chi connectivity index (χ0v) is 16.4. The second-order valence-electron chi connectivity index (χ2n) is 6.60. The van der Waals surface area contributed by atoms with Crippen LogP contribution in [0.1, 0.15) is 40.5 Å². The van der Waals surface area contributed by atoms with E-state index in [0.717, 1.165) is 30.4 Å². The van der Waals surface area contributed by atoms with Crippen LogP contribution >= 0.6 is 23.5 Å². The van der Waals surface area contributed by atoms with Gasteiger partial charge in [0.1, 0.15) is 6.54 Å². The van der Waals surface area contributed by atoms with E-state index in [1.165, 1.54) is 4.90 Å². The van der Waals surface area contributed by atoms with Gasteiger partial charge in [0.25, 0.3) is 0 Å². The van der Waals surface area contributed by atoms with Crippen molar-refractivity contribution in [2.75, 3.05) is 30.9 Å². The number of nitrogens with zero attached hydrogens (tertiary/aromatic N) is 1. The van der Waals surface area contributed by atoms with Gasteiger partial charge in [-0.2, -0.15) is 11.8 Å². The topological polar surface area (TPSA) is 74.7 Å². The molecule has 0 radical (unpaired) electrons. The number of carbonyl (C=O) groups excluding carboxylic acids is 2. The molecule has 1 N–H and O–H groups in total. The highest BCUT2D eigenvalue weighted by atomic mass is 32.2. The fourth-order valence-electron chi connectivity index (χ4n) is 1.78. The van der Waals surface area contributed by atoms with Crippen molar-refractivity contribution in [2.24, 2.45) is 11.3 Å². The third-order valence-corrected chi connectivity index (χ3v) is 5.40. The zero-order chi connectivity index (χ0) is 18.0. The van der Waals surface area contributed by atoms with Crippen molar-refractivity contribution in [3.8, 4) is 0 Å². The van der Waals surface area contributed by atoms with Gasteiger partial charge < -0.3 is 10.0 Å². The van der Waals surface area contributed by atoms with Crippen LogP contribution in [0.3, 0.4) is 0 Å². The molecule has 5 nitrogen and oxygen atoms in total. The highest BCUT2D eigenvalue weighted by molar-refractivity contribution is 8.13. The Morgan fingerprint density at radius 3 is 2.26 bits per heavy atom. The molecule has 1 amide bonds. The molecule has 0 rings (SSSR count). The number of unbranched alkanes of at least 4 members (excludes halogenated alkanes) is 1. The molecule has 0 aliphatic heterocycles. The monoisotopic (exact) mass is 363 g/mol. The molecule has 0 aliphatic rings. The third-order valence-electron chi connectivity index (χ3n) is 3.16. The molecule has 0 aromatic carbocycles. The van der Waals surface area contributed by atoms with Gasteiger partial charge in [0.2, 0.25) is 5.91 Å². The first-order valence-corrected chi connectivity index (χ1v) is 10.1. The Hall–Kier alpha value is -0.690. The van der Waals surface area contributed by atoms with E-state index in [4.69, 9.17) is 5.11 Å². The Kier molecular flexibility index (Phi) is 10.6. The number of aliphatic carboxylic acids is 1. The van der Waals surface area contributed by atoms with Crippen molar-refractivity contribution in [1.29, 1.82) is 0 Å². The van der Waals surface area contributed by atoms with Crippen LogP contribution in [0, 0.1) is 11.3 Å². The Morgan fingerprint density at radius 1 is 1.17 bits per heavy atom. The largest absolute Gasteiger partial charge is 0.480 e. The maximum Gasteiger partial charge on any atom is 0.323 e. The summed E-state index contributed by atoms with van der Waals surface area (Å²) in [5, 5.41) is 9.03. The first-order chi connectivity index (χ1) is 10.6. The molecule has 0 aromatic rings. The lowest BCUT2D eigenvalue weighted by Gasteiger charge is -2.24. The lowest BCUT2D eigenvalue weighted by Crippen LogP contribution is -2.40. The zero-order valence-electron chi connectivity index (χ0n) is 14.8. The Morgan fingerprint density at radius 2 is 1.78 bits per heavy atom. The molecule has 0 bridgehead atoms. The van der Waals surface area contributed by atoms with Gasteiger partial charge in [-0.15, -0.1) is 0 Å². The summed E-state index contributed by atoms with van der Waals surface area (Å²) in [4.78, 5) is 36.7.